The minimum absolute atomic E-state index is 0.381. The summed E-state index contributed by atoms with van der Waals surface area (Å²) in [7, 11) is 0. The zero-order valence-electron chi connectivity index (χ0n) is 8.43. The zero-order valence-corrected chi connectivity index (χ0v) is 8.43. The summed E-state index contributed by atoms with van der Waals surface area (Å²) < 4.78 is 10.4. The fraction of sp³-hybridized carbons (Fsp3) is 0.182. The number of rotatable bonds is 3. The topological polar surface area (TPSA) is 61.3 Å². The van der Waals surface area contributed by atoms with Crippen LogP contribution in [0.5, 0.6) is 5.75 Å². The van der Waals surface area contributed by atoms with Crippen LogP contribution in [0, 0.1) is 0 Å². The molecule has 4 nitrogen and oxygen atoms in total. The predicted octanol–water partition coefficient (Wildman–Crippen LogP) is 2.32. The molecule has 78 valence electrons. The van der Waals surface area contributed by atoms with E-state index in [2.05, 4.69) is 5.16 Å². The highest BCUT2D eigenvalue weighted by Crippen LogP contribution is 2.24. The van der Waals surface area contributed by atoms with E-state index in [9.17, 15) is 0 Å². The van der Waals surface area contributed by atoms with E-state index in [0.29, 0.717) is 18.2 Å². The molecule has 1 aromatic heterocycles. The van der Waals surface area contributed by atoms with Gasteiger partial charge in [0.1, 0.15) is 5.75 Å². The molecule has 0 saturated carbocycles. The monoisotopic (exact) mass is 204 g/mol. The molecule has 0 aliphatic rings. The van der Waals surface area contributed by atoms with Gasteiger partial charge in [0.2, 0.25) is 0 Å². The van der Waals surface area contributed by atoms with Crippen molar-refractivity contribution in [1.29, 1.82) is 0 Å². The number of aromatic nitrogens is 1. The van der Waals surface area contributed by atoms with Gasteiger partial charge in [-0.1, -0.05) is 17.3 Å². The fourth-order valence-electron chi connectivity index (χ4n) is 1.33. The van der Waals surface area contributed by atoms with Gasteiger partial charge in [-0.15, -0.1) is 0 Å². The Hall–Kier alpha value is -1.97. The van der Waals surface area contributed by atoms with Crippen molar-refractivity contribution in [2.24, 2.45) is 0 Å². The molecular weight excluding hydrogens is 192 g/mol. The Morgan fingerprint density at radius 3 is 2.93 bits per heavy atom. The number of hydrogen-bond acceptors (Lipinski definition) is 4. The Labute approximate surface area is 87.6 Å². The number of hydrogen-bond donors (Lipinski definition) is 1. The average molecular weight is 204 g/mol. The quantitative estimate of drug-likeness (QED) is 0.833. The van der Waals surface area contributed by atoms with Crippen LogP contribution in [0.15, 0.2) is 34.9 Å². The normalized spacial score (nSPS) is 10.2. The van der Waals surface area contributed by atoms with Gasteiger partial charge in [0.05, 0.1) is 6.61 Å². The first-order valence-electron chi connectivity index (χ1n) is 4.75. The summed E-state index contributed by atoms with van der Waals surface area (Å²) in [6.45, 7) is 2.58. The van der Waals surface area contributed by atoms with Crippen molar-refractivity contribution in [3.63, 3.8) is 0 Å². The summed E-state index contributed by atoms with van der Waals surface area (Å²) in [5.41, 5.74) is 6.38. The van der Waals surface area contributed by atoms with Crippen molar-refractivity contribution in [3.8, 4) is 17.1 Å². The molecule has 0 bridgehead atoms. The second-order valence-electron chi connectivity index (χ2n) is 3.08. The molecule has 0 aliphatic heterocycles. The number of anilines is 1. The van der Waals surface area contributed by atoms with Crippen molar-refractivity contribution in [2.75, 3.05) is 12.3 Å². The average Bonchev–Trinajstić information content (AvgIpc) is 2.66. The first-order valence-corrected chi connectivity index (χ1v) is 4.75. The van der Waals surface area contributed by atoms with E-state index in [1.807, 2.05) is 31.2 Å². The van der Waals surface area contributed by atoms with Crippen molar-refractivity contribution < 1.29 is 9.26 Å². The van der Waals surface area contributed by atoms with Gasteiger partial charge in [-0.25, -0.2) is 0 Å². The summed E-state index contributed by atoms with van der Waals surface area (Å²) in [6.07, 6.45) is 0. The number of nitrogens with two attached hydrogens (primary N) is 1. The maximum Gasteiger partial charge on any atom is 0.169 e. The summed E-state index contributed by atoms with van der Waals surface area (Å²) in [6, 6.07) is 9.29. The van der Waals surface area contributed by atoms with E-state index in [-0.39, 0.29) is 0 Å². The summed E-state index contributed by atoms with van der Waals surface area (Å²) in [4.78, 5) is 0. The van der Waals surface area contributed by atoms with E-state index in [0.717, 1.165) is 11.3 Å². The highest BCUT2D eigenvalue weighted by molar-refractivity contribution is 5.61. The predicted molar refractivity (Wildman–Crippen MR) is 57.5 cm³/mol. The van der Waals surface area contributed by atoms with Crippen LogP contribution in [0.2, 0.25) is 0 Å². The van der Waals surface area contributed by atoms with Crippen LogP contribution in [0.4, 0.5) is 5.82 Å². The third-order valence-electron chi connectivity index (χ3n) is 1.96. The molecule has 2 N–H and O–H groups in total. The summed E-state index contributed by atoms with van der Waals surface area (Å²) >= 11 is 0. The van der Waals surface area contributed by atoms with Crippen LogP contribution in [0.1, 0.15) is 6.92 Å². The molecule has 1 heterocycles. The van der Waals surface area contributed by atoms with E-state index in [1.165, 1.54) is 0 Å². The van der Waals surface area contributed by atoms with Crippen LogP contribution in [0.3, 0.4) is 0 Å². The molecule has 0 fully saturated rings. The lowest BCUT2D eigenvalue weighted by molar-refractivity contribution is 0.340. The van der Waals surface area contributed by atoms with Crippen molar-refractivity contribution >= 4 is 5.82 Å². The highest BCUT2D eigenvalue weighted by Gasteiger charge is 2.05. The van der Waals surface area contributed by atoms with Crippen molar-refractivity contribution in [2.45, 2.75) is 6.92 Å². The van der Waals surface area contributed by atoms with E-state index in [4.69, 9.17) is 15.0 Å². The molecule has 0 amide bonds. The van der Waals surface area contributed by atoms with E-state index in [1.54, 1.807) is 6.07 Å². The van der Waals surface area contributed by atoms with E-state index >= 15 is 0 Å². The van der Waals surface area contributed by atoms with Crippen LogP contribution >= 0.6 is 0 Å². The molecule has 1 aromatic carbocycles. The van der Waals surface area contributed by atoms with Crippen LogP contribution in [0.25, 0.3) is 11.3 Å². The molecule has 2 rings (SSSR count). The Bertz CT molecular complexity index is 451. The Morgan fingerprint density at radius 2 is 2.27 bits per heavy atom. The van der Waals surface area contributed by atoms with Crippen molar-refractivity contribution in [3.05, 3.63) is 30.3 Å². The summed E-state index contributed by atoms with van der Waals surface area (Å²) in [5, 5.41) is 3.63. The molecule has 0 saturated heterocycles. The van der Waals surface area contributed by atoms with Gasteiger partial charge in [0.25, 0.3) is 0 Å². The second kappa shape index (κ2) is 4.04. The van der Waals surface area contributed by atoms with Crippen molar-refractivity contribution in [1.82, 2.24) is 5.16 Å². The lowest BCUT2D eigenvalue weighted by Crippen LogP contribution is -1.90. The molecule has 0 radical (unpaired) electrons. The molecule has 0 aliphatic carbocycles. The smallest absolute Gasteiger partial charge is 0.169 e. The lowest BCUT2D eigenvalue weighted by Gasteiger charge is -2.03. The molecule has 0 atom stereocenters. The molecule has 0 spiro atoms. The zero-order chi connectivity index (χ0) is 10.7. The third kappa shape index (κ3) is 2.10. The Morgan fingerprint density at radius 1 is 1.40 bits per heavy atom. The maximum absolute atomic E-state index is 5.48. The van der Waals surface area contributed by atoms with Gasteiger partial charge in [-0.05, 0) is 19.1 Å². The van der Waals surface area contributed by atoms with E-state index < -0.39 is 0 Å². The lowest BCUT2D eigenvalue weighted by atomic mass is 10.1. The first kappa shape index (κ1) is 9.58. The number of nitrogens with zero attached hydrogens (tertiary/aromatic N) is 1. The Kier molecular flexibility index (Phi) is 2.58. The SMILES string of the molecule is CCOc1cccc(-c2cc(N)no2)c1. The highest BCUT2D eigenvalue weighted by atomic mass is 16.5. The molecule has 0 unspecified atom stereocenters. The van der Waals surface area contributed by atoms with Gasteiger partial charge in [0, 0.05) is 11.6 Å². The van der Waals surface area contributed by atoms with Crippen LogP contribution < -0.4 is 10.5 Å². The maximum atomic E-state index is 5.48. The molecular formula is C11H12N2O2. The molecule has 4 heteroatoms. The summed E-state index contributed by atoms with van der Waals surface area (Å²) in [5.74, 6) is 1.84. The van der Waals surface area contributed by atoms with Gasteiger partial charge in [-0.3, -0.25) is 0 Å². The first-order chi connectivity index (χ1) is 7.29. The standard InChI is InChI=1S/C11H12N2O2/c1-2-14-9-5-3-4-8(6-9)10-7-11(12)13-15-10/h3-7H,2H2,1H3,(H2,12,13). The van der Waals surface area contributed by atoms with Gasteiger partial charge in [0.15, 0.2) is 11.6 Å². The Balaban J connectivity index is 2.32. The molecule has 2 aromatic rings. The molecule has 15 heavy (non-hydrogen) atoms. The van der Waals surface area contributed by atoms with Crippen LogP contribution in [-0.2, 0) is 0 Å². The fourth-order valence-corrected chi connectivity index (χ4v) is 1.33. The number of benzene rings is 1. The number of ether oxygens (including phenoxy) is 1. The van der Waals surface area contributed by atoms with Gasteiger partial charge in [-0.2, -0.15) is 0 Å². The minimum atomic E-state index is 0.381. The second-order valence-corrected chi connectivity index (χ2v) is 3.08. The third-order valence-corrected chi connectivity index (χ3v) is 1.96. The largest absolute Gasteiger partial charge is 0.494 e. The number of nitrogen functional groups attached to an aromatic ring is 1. The van der Waals surface area contributed by atoms with Gasteiger partial charge < -0.3 is 15.0 Å². The minimum Gasteiger partial charge on any atom is -0.494 e. The van der Waals surface area contributed by atoms with Gasteiger partial charge >= 0.3 is 0 Å². The van der Waals surface area contributed by atoms with Crippen LogP contribution in [-0.4, -0.2) is 11.8 Å².